The van der Waals surface area contributed by atoms with Crippen molar-refractivity contribution in [3.8, 4) is 11.3 Å². The van der Waals surface area contributed by atoms with Crippen molar-refractivity contribution in [1.82, 2.24) is 24.7 Å². The summed E-state index contributed by atoms with van der Waals surface area (Å²) in [6.45, 7) is 3.21. The Morgan fingerprint density at radius 3 is 2.67 bits per heavy atom. The van der Waals surface area contributed by atoms with Gasteiger partial charge in [0.05, 0.1) is 23.4 Å². The van der Waals surface area contributed by atoms with E-state index in [0.717, 1.165) is 84.0 Å². The van der Waals surface area contributed by atoms with Gasteiger partial charge >= 0.3 is 0 Å². The van der Waals surface area contributed by atoms with E-state index < -0.39 is 0 Å². The Kier molecular flexibility index (Phi) is 8.41. The van der Waals surface area contributed by atoms with E-state index in [1.165, 1.54) is 5.56 Å². The first-order valence-corrected chi connectivity index (χ1v) is 13.9. The van der Waals surface area contributed by atoms with Crippen molar-refractivity contribution < 1.29 is 9.59 Å². The van der Waals surface area contributed by atoms with E-state index in [2.05, 4.69) is 71.0 Å². The van der Waals surface area contributed by atoms with Crippen molar-refractivity contribution in [2.75, 3.05) is 40.3 Å². The molecule has 0 aliphatic carbocycles. The van der Waals surface area contributed by atoms with E-state index in [9.17, 15) is 9.59 Å². The number of hydrogen-bond acceptors (Lipinski definition) is 5. The largest absolute Gasteiger partial charge is 0.383 e. The number of nitrogens with zero attached hydrogens (tertiary/aromatic N) is 4. The van der Waals surface area contributed by atoms with E-state index in [0.29, 0.717) is 12.2 Å². The summed E-state index contributed by atoms with van der Waals surface area (Å²) in [5.74, 6) is 0.134. The average Bonchev–Trinajstić information content (AvgIpc) is 3.20. The Bertz CT molecular complexity index is 1530. The second-order valence-electron chi connectivity index (χ2n) is 10.7. The van der Waals surface area contributed by atoms with Gasteiger partial charge in [-0.2, -0.15) is 0 Å². The average molecular weight is 536 g/mol. The summed E-state index contributed by atoms with van der Waals surface area (Å²) in [6, 6.07) is 21.1. The molecule has 1 saturated heterocycles. The number of aryl methyl sites for hydroxylation is 2. The number of aldehydes is 1. The lowest BCUT2D eigenvalue weighted by Gasteiger charge is -2.18. The van der Waals surface area contributed by atoms with Crippen molar-refractivity contribution in [2.24, 2.45) is 7.05 Å². The Hall–Kier alpha value is -4.23. The molecule has 0 saturated carbocycles. The third kappa shape index (κ3) is 6.32. The molecule has 5 rings (SSSR count). The second-order valence-corrected chi connectivity index (χ2v) is 10.7. The van der Waals surface area contributed by atoms with Gasteiger partial charge in [-0.1, -0.05) is 36.4 Å². The van der Waals surface area contributed by atoms with Gasteiger partial charge in [-0.15, -0.1) is 0 Å². The predicted octanol–water partition coefficient (Wildman–Crippen LogP) is 4.76. The molecular weight excluding hydrogens is 498 g/mol. The van der Waals surface area contributed by atoms with Gasteiger partial charge in [-0.3, -0.25) is 14.5 Å². The van der Waals surface area contributed by atoms with Crippen LogP contribution >= 0.6 is 0 Å². The lowest BCUT2D eigenvalue weighted by Crippen LogP contribution is -2.33. The topological polar surface area (TPSA) is 70.5 Å². The Morgan fingerprint density at radius 2 is 1.90 bits per heavy atom. The molecule has 3 heterocycles. The van der Waals surface area contributed by atoms with Gasteiger partial charge in [0.15, 0.2) is 6.29 Å². The van der Waals surface area contributed by atoms with E-state index in [-0.39, 0.29) is 5.91 Å². The van der Waals surface area contributed by atoms with Gasteiger partial charge < -0.3 is 14.8 Å². The number of nitrogens with one attached hydrogen (secondary N) is 1. The minimum Gasteiger partial charge on any atom is -0.383 e. The molecule has 2 aromatic heterocycles. The number of aromatic nitrogens is 2. The minimum atomic E-state index is 0.134. The summed E-state index contributed by atoms with van der Waals surface area (Å²) in [5.41, 5.74) is 7.85. The van der Waals surface area contributed by atoms with Gasteiger partial charge in [0.25, 0.3) is 0 Å². The summed E-state index contributed by atoms with van der Waals surface area (Å²) in [4.78, 5) is 32.8. The first-order chi connectivity index (χ1) is 19.4. The molecule has 0 unspecified atom stereocenters. The van der Waals surface area contributed by atoms with Crippen molar-refractivity contribution in [1.29, 1.82) is 0 Å². The highest BCUT2D eigenvalue weighted by Crippen LogP contribution is 2.30. The molecule has 0 bridgehead atoms. The molecule has 1 fully saturated rings. The van der Waals surface area contributed by atoms with Gasteiger partial charge in [0.1, 0.15) is 0 Å². The number of pyridine rings is 1. The third-order valence-corrected chi connectivity index (χ3v) is 7.44. The van der Waals surface area contributed by atoms with Crippen LogP contribution in [0, 0.1) is 0 Å². The fourth-order valence-electron chi connectivity index (χ4n) is 5.34. The van der Waals surface area contributed by atoms with Crippen molar-refractivity contribution in [2.45, 2.75) is 19.3 Å². The van der Waals surface area contributed by atoms with Crippen LogP contribution in [0.25, 0.3) is 27.7 Å². The predicted molar refractivity (Wildman–Crippen MR) is 161 cm³/mol. The lowest BCUT2D eigenvalue weighted by molar-refractivity contribution is -0.121. The summed E-state index contributed by atoms with van der Waals surface area (Å²) in [5, 5.41) is 3.99. The summed E-state index contributed by atoms with van der Waals surface area (Å²) in [7, 11) is 5.86. The molecule has 206 valence electrons. The van der Waals surface area contributed by atoms with Crippen LogP contribution in [0.2, 0.25) is 0 Å². The second kappa shape index (κ2) is 12.3. The van der Waals surface area contributed by atoms with Crippen molar-refractivity contribution >= 4 is 28.7 Å². The van der Waals surface area contributed by atoms with Crippen molar-refractivity contribution in [3.63, 3.8) is 0 Å². The molecule has 0 atom stereocenters. The number of amides is 1. The molecule has 7 nitrogen and oxygen atoms in total. The van der Waals surface area contributed by atoms with Crippen LogP contribution in [0.15, 0.2) is 73.1 Å². The van der Waals surface area contributed by atoms with Crippen LogP contribution in [-0.2, 0) is 18.3 Å². The molecule has 2 aromatic carbocycles. The third-order valence-electron chi connectivity index (χ3n) is 7.44. The van der Waals surface area contributed by atoms with Gasteiger partial charge in [-0.25, -0.2) is 4.98 Å². The van der Waals surface area contributed by atoms with E-state index in [4.69, 9.17) is 4.98 Å². The molecule has 1 amide bonds. The van der Waals surface area contributed by atoms with Crippen LogP contribution < -0.4 is 5.32 Å². The van der Waals surface area contributed by atoms with E-state index in [1.54, 1.807) is 0 Å². The zero-order valence-electron chi connectivity index (χ0n) is 23.6. The fourth-order valence-corrected chi connectivity index (χ4v) is 5.34. The van der Waals surface area contributed by atoms with E-state index >= 15 is 0 Å². The monoisotopic (exact) mass is 535 g/mol. The van der Waals surface area contributed by atoms with Crippen LogP contribution in [0.5, 0.6) is 0 Å². The van der Waals surface area contributed by atoms with Crippen LogP contribution in [-0.4, -0.2) is 71.8 Å². The van der Waals surface area contributed by atoms with Gasteiger partial charge in [0, 0.05) is 68.7 Å². The highest BCUT2D eigenvalue weighted by Gasteiger charge is 2.15. The summed E-state index contributed by atoms with van der Waals surface area (Å²) < 4.78 is 1.85. The smallest absolute Gasteiger partial charge is 0.234 e. The van der Waals surface area contributed by atoms with Gasteiger partial charge in [0.2, 0.25) is 5.91 Å². The zero-order chi connectivity index (χ0) is 28.1. The number of carbonyl (C=O) groups is 2. The first-order valence-electron chi connectivity index (χ1n) is 13.9. The van der Waals surface area contributed by atoms with Crippen molar-refractivity contribution in [3.05, 3.63) is 95.4 Å². The number of fused-ring (bicyclic) bond motifs is 1. The van der Waals surface area contributed by atoms with E-state index in [1.807, 2.05) is 42.9 Å². The highest BCUT2D eigenvalue weighted by atomic mass is 16.2. The fraction of sp³-hybridized carbons (Fsp3) is 0.303. The minimum absolute atomic E-state index is 0.134. The first kappa shape index (κ1) is 27.3. The molecule has 1 N–H and O–H groups in total. The van der Waals surface area contributed by atoms with Gasteiger partial charge in [-0.05, 0) is 61.2 Å². The molecule has 1 aliphatic rings. The van der Waals surface area contributed by atoms with Crippen LogP contribution in [0.1, 0.15) is 40.0 Å². The maximum atomic E-state index is 11.8. The summed E-state index contributed by atoms with van der Waals surface area (Å²) >= 11 is 0. The highest BCUT2D eigenvalue weighted by molar-refractivity contribution is 5.93. The quantitative estimate of drug-likeness (QED) is 0.313. The Morgan fingerprint density at radius 1 is 1.07 bits per heavy atom. The molecule has 0 radical (unpaired) electrons. The maximum absolute atomic E-state index is 11.8. The maximum Gasteiger partial charge on any atom is 0.234 e. The standard InChI is InChI=1S/C33H37N5O2/c1-36(2)21-29(28-15-19-37(3)32(28)23-39)26-11-13-31-27(20-26)12-14-30(35-31)25-9-7-24(8-10-25)6-4-17-38-18-5-16-34-33(40)22-38/h7-15,19-21,23H,4-6,16-18,22H2,1-3H3,(H,34,40)/b29-21-. The number of carbonyl (C=O) groups excluding carboxylic acids is 2. The number of hydrogen-bond donors (Lipinski definition) is 1. The number of benzene rings is 2. The number of rotatable bonds is 9. The zero-order valence-corrected chi connectivity index (χ0v) is 23.6. The Labute approximate surface area is 236 Å². The molecule has 7 heteroatoms. The van der Waals surface area contributed by atoms with Crippen LogP contribution in [0.4, 0.5) is 0 Å². The molecular formula is C33H37N5O2. The molecule has 1 aliphatic heterocycles. The molecule has 40 heavy (non-hydrogen) atoms. The Balaban J connectivity index is 1.30. The molecule has 4 aromatic rings. The van der Waals surface area contributed by atoms with Crippen LogP contribution in [0.3, 0.4) is 0 Å². The summed E-state index contributed by atoms with van der Waals surface area (Å²) in [6.07, 6.45) is 7.92. The lowest BCUT2D eigenvalue weighted by atomic mass is 9.97. The molecule has 0 spiro atoms. The normalized spacial score (nSPS) is 14.7. The SMILES string of the molecule is CN(C)/C=C(/c1ccc2nc(-c3ccc(CCCN4CCCNC(=O)C4)cc3)ccc2c1)c1ccn(C)c1C=O.